The Morgan fingerprint density at radius 2 is 1.57 bits per heavy atom. The van der Waals surface area contributed by atoms with Gasteiger partial charge in [-0.05, 0) is 128 Å². The van der Waals surface area contributed by atoms with Gasteiger partial charge < -0.3 is 4.74 Å². The number of ether oxygens (including phenoxy) is 1. The second-order valence-electron chi connectivity index (χ2n) is 15.4. The molecule has 5 heteroatoms. The van der Waals surface area contributed by atoms with Crippen molar-refractivity contribution in [3.05, 3.63) is 65.8 Å². The van der Waals surface area contributed by atoms with Crippen molar-refractivity contribution in [1.29, 1.82) is 0 Å². The molecular weight excluding hydrogens is 578 g/mol. The number of carbonyl (C=O) groups excluding carboxylic acids is 1. The number of hydrogen-bond acceptors (Lipinski definition) is 4. The van der Waals surface area contributed by atoms with Crippen molar-refractivity contribution >= 4 is 11.9 Å². The lowest BCUT2D eigenvalue weighted by Gasteiger charge is -2.67. The molecule has 5 aliphatic carbocycles. The number of nitrogens with one attached hydrogen (secondary N) is 1. The van der Waals surface area contributed by atoms with Crippen LogP contribution in [0, 0.1) is 52.3 Å². The van der Waals surface area contributed by atoms with E-state index in [2.05, 4.69) is 67.4 Å². The fraction of sp³-hybridized carbons (Fsp3) is 0.690. The number of H-pyrrole nitrogens is 1. The van der Waals surface area contributed by atoms with Crippen molar-refractivity contribution in [1.82, 2.24) is 15.2 Å². The molecular formula is C42H65N3O2. The van der Waals surface area contributed by atoms with E-state index in [0.29, 0.717) is 28.6 Å². The Labute approximate surface area is 286 Å². The number of fused-ring (bicyclic) bond motifs is 7. The van der Waals surface area contributed by atoms with Gasteiger partial charge in [-0.1, -0.05) is 91.0 Å². The zero-order valence-electron chi connectivity index (χ0n) is 31.4. The molecule has 47 heavy (non-hydrogen) atoms. The Morgan fingerprint density at radius 1 is 0.936 bits per heavy atom. The molecule has 2 aromatic rings. The van der Waals surface area contributed by atoms with Crippen LogP contribution in [0.25, 0.3) is 5.57 Å². The number of rotatable bonds is 4. The lowest BCUT2D eigenvalue weighted by atomic mass is 9.37. The van der Waals surface area contributed by atoms with Gasteiger partial charge in [0.05, 0.1) is 0 Å². The minimum absolute atomic E-state index is 0.155. The van der Waals surface area contributed by atoms with E-state index in [1.807, 2.05) is 39.8 Å². The zero-order valence-corrected chi connectivity index (χ0v) is 31.4. The molecule has 1 N–H and O–H groups in total. The zero-order chi connectivity index (χ0) is 34.6. The van der Waals surface area contributed by atoms with E-state index in [-0.39, 0.29) is 5.41 Å². The smallest absolute Gasteiger partial charge is 0.150 e. The summed E-state index contributed by atoms with van der Waals surface area (Å²) in [6, 6.07) is 8.28. The van der Waals surface area contributed by atoms with Crippen LogP contribution in [-0.4, -0.2) is 35.7 Å². The molecule has 0 saturated heterocycles. The number of aldehydes is 1. The SMILES string of the molecule is C=C(C)[C@@H]1CCC2(c3ncn[nH]3)CCC3C(CCC4C5(C)CC=C(c6ccc(C=O)cc6)C(C)C5CCC34C)[C@@H]12.CC.CC.COC. The van der Waals surface area contributed by atoms with Gasteiger partial charge in [0.1, 0.15) is 18.4 Å². The van der Waals surface area contributed by atoms with Gasteiger partial charge in [0.15, 0.2) is 0 Å². The van der Waals surface area contributed by atoms with Gasteiger partial charge in [-0.3, -0.25) is 9.89 Å². The van der Waals surface area contributed by atoms with Crippen LogP contribution in [0.15, 0.2) is 48.8 Å². The molecule has 0 bridgehead atoms. The van der Waals surface area contributed by atoms with Gasteiger partial charge in [-0.15, -0.1) is 0 Å². The maximum Gasteiger partial charge on any atom is 0.150 e. The van der Waals surface area contributed by atoms with Gasteiger partial charge >= 0.3 is 0 Å². The van der Waals surface area contributed by atoms with Crippen molar-refractivity contribution in [3.8, 4) is 0 Å². The molecule has 4 saturated carbocycles. The molecule has 1 aromatic carbocycles. The molecule has 5 aliphatic rings. The molecule has 0 radical (unpaired) electrons. The second kappa shape index (κ2) is 15.3. The summed E-state index contributed by atoms with van der Waals surface area (Å²) >= 11 is 0. The van der Waals surface area contributed by atoms with Crippen LogP contribution in [0.5, 0.6) is 0 Å². The summed E-state index contributed by atoms with van der Waals surface area (Å²) in [5.74, 6) is 6.01. The number of carbonyl (C=O) groups is 1. The van der Waals surface area contributed by atoms with E-state index in [1.165, 1.54) is 74.5 Å². The maximum absolute atomic E-state index is 11.2. The first-order chi connectivity index (χ1) is 22.6. The molecule has 0 spiro atoms. The number of allylic oxidation sites excluding steroid dienone is 3. The normalized spacial score (nSPS) is 38.1. The van der Waals surface area contributed by atoms with Crippen LogP contribution in [0.1, 0.15) is 135 Å². The fourth-order valence-electron chi connectivity index (χ4n) is 12.0. The quantitative estimate of drug-likeness (QED) is 0.266. The van der Waals surface area contributed by atoms with E-state index < -0.39 is 0 Å². The summed E-state index contributed by atoms with van der Waals surface area (Å²) in [5, 5.41) is 7.67. The second-order valence-corrected chi connectivity index (χ2v) is 15.4. The molecule has 8 unspecified atom stereocenters. The molecule has 260 valence electrons. The Hall–Kier alpha value is -2.53. The standard InChI is InChI=1S/C36H47N3O.C2H6O.2C2H6/c1-22(2)26-13-18-36(33-37-21-38-39-33)19-15-30-28(32(26)36)10-11-31-34(4)16-12-27(25-8-6-24(20-40)7-9-25)23(3)29(34)14-17-35(30,31)5;1-3-2;2*1-2/h6-9,12,20-21,23,26,28-32H,1,10-11,13-19H2,2-5H3,(H,37,38,39);1-2H3;2*1-2H3/t23?,26-,28?,29?,30?,31?,32+,34?,35?,36?;;;/m0.../s1. The Morgan fingerprint density at radius 3 is 2.17 bits per heavy atom. The summed E-state index contributed by atoms with van der Waals surface area (Å²) in [4.78, 5) is 16.0. The van der Waals surface area contributed by atoms with Crippen LogP contribution in [0.3, 0.4) is 0 Å². The monoisotopic (exact) mass is 644 g/mol. The molecule has 5 nitrogen and oxygen atoms in total. The van der Waals surface area contributed by atoms with Gasteiger partial charge in [-0.2, -0.15) is 5.10 Å². The third-order valence-electron chi connectivity index (χ3n) is 13.7. The van der Waals surface area contributed by atoms with E-state index in [1.54, 1.807) is 20.5 Å². The van der Waals surface area contributed by atoms with E-state index in [9.17, 15) is 4.79 Å². The van der Waals surface area contributed by atoms with E-state index in [0.717, 1.165) is 41.3 Å². The van der Waals surface area contributed by atoms with Crippen LogP contribution in [0.2, 0.25) is 0 Å². The Bertz CT molecular complexity index is 1350. The largest absolute Gasteiger partial charge is 0.388 e. The summed E-state index contributed by atoms with van der Waals surface area (Å²) in [7, 11) is 3.25. The van der Waals surface area contributed by atoms with Crippen molar-refractivity contribution in [2.75, 3.05) is 14.2 Å². The molecule has 0 aliphatic heterocycles. The lowest BCUT2D eigenvalue weighted by Crippen LogP contribution is -2.60. The molecule has 1 aromatic heterocycles. The number of aromatic amines is 1. The first-order valence-electron chi connectivity index (χ1n) is 18.8. The number of aromatic nitrogens is 3. The van der Waals surface area contributed by atoms with Crippen LogP contribution >= 0.6 is 0 Å². The molecule has 0 amide bonds. The third kappa shape index (κ3) is 6.24. The average Bonchev–Trinajstić information content (AvgIpc) is 3.77. The summed E-state index contributed by atoms with van der Waals surface area (Å²) in [6.45, 7) is 22.7. The minimum Gasteiger partial charge on any atom is -0.388 e. The molecule has 1 heterocycles. The number of benzene rings is 1. The maximum atomic E-state index is 11.2. The molecule has 4 fully saturated rings. The first-order valence-corrected chi connectivity index (χ1v) is 18.8. The number of nitrogens with zero attached hydrogens (tertiary/aromatic N) is 2. The van der Waals surface area contributed by atoms with E-state index >= 15 is 0 Å². The topological polar surface area (TPSA) is 67.9 Å². The first kappa shape index (κ1) is 37.3. The van der Waals surface area contributed by atoms with Crippen LogP contribution in [-0.2, 0) is 10.2 Å². The molecule has 10 atom stereocenters. The lowest BCUT2D eigenvalue weighted by molar-refractivity contribution is -0.166. The number of methoxy groups -OCH3 is 1. The van der Waals surface area contributed by atoms with Gasteiger partial charge in [-0.25, -0.2) is 4.98 Å². The highest BCUT2D eigenvalue weighted by Crippen LogP contribution is 2.72. The van der Waals surface area contributed by atoms with Crippen LogP contribution in [0.4, 0.5) is 0 Å². The predicted molar refractivity (Wildman–Crippen MR) is 196 cm³/mol. The van der Waals surface area contributed by atoms with Crippen molar-refractivity contribution < 1.29 is 9.53 Å². The third-order valence-corrected chi connectivity index (χ3v) is 13.7. The van der Waals surface area contributed by atoms with E-state index in [4.69, 9.17) is 4.98 Å². The minimum atomic E-state index is 0.155. The van der Waals surface area contributed by atoms with Crippen molar-refractivity contribution in [3.63, 3.8) is 0 Å². The van der Waals surface area contributed by atoms with Crippen molar-refractivity contribution in [2.45, 2.75) is 119 Å². The van der Waals surface area contributed by atoms with Gasteiger partial charge in [0.25, 0.3) is 0 Å². The fourth-order valence-corrected chi connectivity index (χ4v) is 12.0. The highest BCUT2D eigenvalue weighted by Gasteiger charge is 2.66. The predicted octanol–water partition coefficient (Wildman–Crippen LogP) is 10.8. The summed E-state index contributed by atoms with van der Waals surface area (Å²) in [5.41, 5.74) is 5.87. The van der Waals surface area contributed by atoms with Crippen molar-refractivity contribution in [2.24, 2.45) is 52.3 Å². The average molecular weight is 644 g/mol. The Balaban J connectivity index is 0.000000666. The highest BCUT2D eigenvalue weighted by atomic mass is 16.4. The highest BCUT2D eigenvalue weighted by molar-refractivity contribution is 5.77. The summed E-state index contributed by atoms with van der Waals surface area (Å²) < 4.78 is 4.25. The van der Waals surface area contributed by atoms with Gasteiger partial charge in [0, 0.05) is 25.2 Å². The number of hydrogen-bond donors (Lipinski definition) is 1. The van der Waals surface area contributed by atoms with Crippen LogP contribution < -0.4 is 0 Å². The van der Waals surface area contributed by atoms with Gasteiger partial charge in [0.2, 0.25) is 0 Å². The molecule has 7 rings (SSSR count). The summed E-state index contributed by atoms with van der Waals surface area (Å²) in [6.07, 6.45) is 16.9. The Kier molecular flexibility index (Phi) is 12.2.